The molecule has 0 unspecified atom stereocenters. The first-order valence-corrected chi connectivity index (χ1v) is 6.70. The van der Waals surface area contributed by atoms with Gasteiger partial charge in [-0.15, -0.1) is 11.8 Å². The maximum atomic E-state index is 12.1. The van der Waals surface area contributed by atoms with E-state index in [1.165, 1.54) is 16.7 Å². The highest BCUT2D eigenvalue weighted by Gasteiger charge is 2.36. The number of amides is 2. The second-order valence-electron chi connectivity index (χ2n) is 5.52. The lowest BCUT2D eigenvalue weighted by molar-refractivity contribution is -0.140. The highest BCUT2D eigenvalue weighted by atomic mass is 32.2. The Morgan fingerprint density at radius 2 is 2.06 bits per heavy atom. The van der Waals surface area contributed by atoms with E-state index in [1.54, 1.807) is 11.9 Å². The van der Waals surface area contributed by atoms with Gasteiger partial charge in [-0.25, -0.2) is 9.59 Å². The van der Waals surface area contributed by atoms with Crippen molar-refractivity contribution in [3.63, 3.8) is 0 Å². The summed E-state index contributed by atoms with van der Waals surface area (Å²) in [4.78, 5) is 26.1. The molecule has 0 aliphatic carbocycles. The van der Waals surface area contributed by atoms with Crippen LogP contribution < -0.4 is 0 Å². The van der Waals surface area contributed by atoms with Crippen LogP contribution in [-0.2, 0) is 4.79 Å². The van der Waals surface area contributed by atoms with Crippen molar-refractivity contribution in [2.24, 2.45) is 5.41 Å². The second kappa shape index (κ2) is 5.16. The molecule has 1 N–H and O–H groups in total. The van der Waals surface area contributed by atoms with Gasteiger partial charge in [0.25, 0.3) is 0 Å². The van der Waals surface area contributed by atoms with Crippen molar-refractivity contribution in [1.29, 1.82) is 0 Å². The smallest absolute Gasteiger partial charge is 0.327 e. The lowest BCUT2D eigenvalue weighted by Crippen LogP contribution is -2.49. The normalized spacial score (nSPS) is 20.5. The van der Waals surface area contributed by atoms with E-state index in [-0.39, 0.29) is 11.4 Å². The van der Waals surface area contributed by atoms with Gasteiger partial charge >= 0.3 is 12.0 Å². The van der Waals surface area contributed by atoms with Crippen LogP contribution in [0.15, 0.2) is 0 Å². The number of carbonyl (C=O) groups is 2. The molecule has 0 saturated carbocycles. The minimum Gasteiger partial charge on any atom is -0.480 e. The number of carboxylic acid groups (broad SMARTS) is 1. The third-order valence-electron chi connectivity index (χ3n) is 2.45. The molecular weight excluding hydrogens is 240 g/mol. The number of hydrogen-bond acceptors (Lipinski definition) is 3. The van der Waals surface area contributed by atoms with Gasteiger partial charge in [-0.05, 0) is 5.41 Å². The summed E-state index contributed by atoms with van der Waals surface area (Å²) in [5.41, 5.74) is 0.00992. The van der Waals surface area contributed by atoms with Crippen molar-refractivity contribution >= 4 is 23.8 Å². The third kappa shape index (κ3) is 3.80. The molecule has 0 radical (unpaired) electrons. The third-order valence-corrected chi connectivity index (χ3v) is 3.46. The predicted octanol–water partition coefficient (Wildman–Crippen LogP) is 1.54. The quantitative estimate of drug-likeness (QED) is 0.818. The predicted molar refractivity (Wildman–Crippen MR) is 68.1 cm³/mol. The molecule has 1 heterocycles. The summed E-state index contributed by atoms with van der Waals surface area (Å²) in [7, 11) is 1.72. The molecule has 0 bridgehead atoms. The maximum Gasteiger partial charge on any atom is 0.327 e. The van der Waals surface area contributed by atoms with Crippen LogP contribution in [0.1, 0.15) is 20.8 Å². The Morgan fingerprint density at radius 3 is 2.53 bits per heavy atom. The number of urea groups is 1. The average Bonchev–Trinajstić information content (AvgIpc) is 2.61. The SMILES string of the molecule is CN(CC(C)(C)C)C(=O)N1CSC[C@H]1C(=O)O. The molecule has 1 saturated heterocycles. The summed E-state index contributed by atoms with van der Waals surface area (Å²) in [6, 6.07) is -0.882. The Kier molecular flexibility index (Phi) is 4.30. The Hall–Kier alpha value is -0.910. The summed E-state index contributed by atoms with van der Waals surface area (Å²) < 4.78 is 0. The summed E-state index contributed by atoms with van der Waals surface area (Å²) in [6.45, 7) is 6.75. The molecule has 0 aromatic heterocycles. The van der Waals surface area contributed by atoms with Gasteiger partial charge in [0.15, 0.2) is 0 Å². The van der Waals surface area contributed by atoms with E-state index >= 15 is 0 Å². The Balaban J connectivity index is 2.66. The Morgan fingerprint density at radius 1 is 1.47 bits per heavy atom. The highest BCUT2D eigenvalue weighted by molar-refractivity contribution is 7.99. The fourth-order valence-electron chi connectivity index (χ4n) is 1.83. The highest BCUT2D eigenvalue weighted by Crippen LogP contribution is 2.23. The van der Waals surface area contributed by atoms with Crippen LogP contribution in [0.2, 0.25) is 0 Å². The molecule has 0 aromatic rings. The molecule has 98 valence electrons. The molecule has 1 aliphatic heterocycles. The standard InChI is InChI=1S/C11H20N2O3S/c1-11(2,3)6-12(4)10(16)13-7-17-5-8(13)9(14)15/h8H,5-7H2,1-4H3,(H,14,15)/t8-/m0/s1. The van der Waals surface area contributed by atoms with Crippen LogP contribution in [0, 0.1) is 5.41 Å². The molecule has 1 fully saturated rings. The van der Waals surface area contributed by atoms with E-state index in [1.807, 2.05) is 20.8 Å². The second-order valence-corrected chi connectivity index (χ2v) is 6.52. The Labute approximate surface area is 106 Å². The largest absolute Gasteiger partial charge is 0.480 e. The molecule has 2 amide bonds. The molecule has 0 spiro atoms. The van der Waals surface area contributed by atoms with Gasteiger partial charge in [0.2, 0.25) is 0 Å². The van der Waals surface area contributed by atoms with Crippen LogP contribution >= 0.6 is 11.8 Å². The topological polar surface area (TPSA) is 60.9 Å². The van der Waals surface area contributed by atoms with Gasteiger partial charge in [0, 0.05) is 19.3 Å². The number of nitrogens with zero attached hydrogens (tertiary/aromatic N) is 2. The van der Waals surface area contributed by atoms with Crippen molar-refractivity contribution in [2.45, 2.75) is 26.8 Å². The van der Waals surface area contributed by atoms with Crippen LogP contribution in [0.3, 0.4) is 0 Å². The Bertz CT molecular complexity index is 314. The van der Waals surface area contributed by atoms with Crippen LogP contribution in [-0.4, -0.2) is 58.2 Å². The van der Waals surface area contributed by atoms with Crippen LogP contribution in [0.4, 0.5) is 4.79 Å². The fraction of sp³-hybridized carbons (Fsp3) is 0.818. The van der Waals surface area contributed by atoms with Crippen molar-refractivity contribution in [1.82, 2.24) is 9.80 Å². The minimum absolute atomic E-state index is 0.00992. The number of aliphatic carboxylic acids is 1. The van der Waals surface area contributed by atoms with Gasteiger partial charge in [-0.2, -0.15) is 0 Å². The van der Waals surface area contributed by atoms with E-state index in [0.29, 0.717) is 18.2 Å². The van der Waals surface area contributed by atoms with Gasteiger partial charge in [0.1, 0.15) is 6.04 Å². The zero-order chi connectivity index (χ0) is 13.2. The minimum atomic E-state index is -0.924. The van der Waals surface area contributed by atoms with E-state index in [4.69, 9.17) is 5.11 Å². The summed E-state index contributed by atoms with van der Waals surface area (Å²) >= 11 is 1.48. The first-order valence-electron chi connectivity index (χ1n) is 5.54. The first-order chi connectivity index (χ1) is 7.72. The number of hydrogen-bond donors (Lipinski definition) is 1. The lowest BCUT2D eigenvalue weighted by Gasteiger charge is -2.31. The van der Waals surface area contributed by atoms with Gasteiger partial charge in [-0.1, -0.05) is 20.8 Å². The van der Waals surface area contributed by atoms with Crippen LogP contribution in [0.5, 0.6) is 0 Å². The monoisotopic (exact) mass is 260 g/mol. The van der Waals surface area contributed by atoms with Crippen molar-refractivity contribution < 1.29 is 14.7 Å². The zero-order valence-corrected chi connectivity index (χ0v) is 11.6. The number of thioether (sulfide) groups is 1. The van der Waals surface area contributed by atoms with Gasteiger partial charge < -0.3 is 14.9 Å². The van der Waals surface area contributed by atoms with Crippen molar-refractivity contribution in [2.75, 3.05) is 25.2 Å². The average molecular weight is 260 g/mol. The number of carbonyl (C=O) groups excluding carboxylic acids is 1. The molecule has 0 aromatic carbocycles. The van der Waals surface area contributed by atoms with Gasteiger partial charge in [-0.3, -0.25) is 0 Å². The maximum absolute atomic E-state index is 12.1. The molecule has 1 aliphatic rings. The van der Waals surface area contributed by atoms with Crippen molar-refractivity contribution in [3.8, 4) is 0 Å². The molecule has 17 heavy (non-hydrogen) atoms. The van der Waals surface area contributed by atoms with E-state index in [9.17, 15) is 9.59 Å². The fourth-order valence-corrected chi connectivity index (χ4v) is 2.97. The zero-order valence-electron chi connectivity index (χ0n) is 10.8. The first kappa shape index (κ1) is 14.2. The van der Waals surface area contributed by atoms with Gasteiger partial charge in [0.05, 0.1) is 5.88 Å². The van der Waals surface area contributed by atoms with E-state index in [0.717, 1.165) is 0 Å². The molecule has 1 rings (SSSR count). The lowest BCUT2D eigenvalue weighted by atomic mass is 9.96. The summed E-state index contributed by atoms with van der Waals surface area (Å²) in [5, 5.41) is 9.02. The van der Waals surface area contributed by atoms with E-state index in [2.05, 4.69) is 0 Å². The van der Waals surface area contributed by atoms with Crippen molar-refractivity contribution in [3.05, 3.63) is 0 Å². The number of rotatable bonds is 2. The van der Waals surface area contributed by atoms with E-state index < -0.39 is 12.0 Å². The molecular formula is C11H20N2O3S. The summed E-state index contributed by atoms with van der Waals surface area (Å²) in [6.07, 6.45) is 0. The molecule has 5 nitrogen and oxygen atoms in total. The van der Waals surface area contributed by atoms with Crippen LogP contribution in [0.25, 0.3) is 0 Å². The number of carboxylic acids is 1. The molecule has 6 heteroatoms. The molecule has 1 atom stereocenters. The summed E-state index contributed by atoms with van der Waals surface area (Å²) in [5.74, 6) is 0.0156.